The van der Waals surface area contributed by atoms with E-state index < -0.39 is 0 Å². The third-order valence-corrected chi connectivity index (χ3v) is 4.95. The number of guanidine groups is 1. The molecule has 0 saturated heterocycles. The highest BCUT2D eigenvalue weighted by molar-refractivity contribution is 14.0. The van der Waals surface area contributed by atoms with Gasteiger partial charge < -0.3 is 25.5 Å². The number of aliphatic imine (C=N–C) groups is 1. The van der Waals surface area contributed by atoms with Gasteiger partial charge in [-0.3, -0.25) is 4.99 Å². The molecule has 2 heterocycles. The van der Waals surface area contributed by atoms with Crippen LogP contribution in [0.1, 0.15) is 24.5 Å². The lowest BCUT2D eigenvalue weighted by molar-refractivity contribution is 0.297. The number of nitrogens with zero attached hydrogens (tertiary/aromatic N) is 1. The molecule has 2 aromatic carbocycles. The molecule has 154 valence electrons. The fourth-order valence-corrected chi connectivity index (χ4v) is 3.50. The highest BCUT2D eigenvalue weighted by Gasteiger charge is 2.11. The molecule has 1 aliphatic rings. The highest BCUT2D eigenvalue weighted by atomic mass is 127. The Kier molecular flexibility index (Phi) is 7.24. The van der Waals surface area contributed by atoms with Crippen LogP contribution in [0.4, 0.5) is 5.69 Å². The summed E-state index contributed by atoms with van der Waals surface area (Å²) in [6, 6.07) is 12.1. The van der Waals surface area contributed by atoms with Crippen molar-refractivity contribution in [3.8, 4) is 11.5 Å². The molecule has 0 radical (unpaired) electrons. The highest BCUT2D eigenvalue weighted by Crippen LogP contribution is 2.32. The predicted molar refractivity (Wildman–Crippen MR) is 129 cm³/mol. The SMILES string of the molecule is CCc1cccc2c(CCN=C(N)Nc3ccc4c(c3)OCCCO4)c[nH]c12.I. The van der Waals surface area contributed by atoms with E-state index in [0.717, 1.165) is 36.4 Å². The van der Waals surface area contributed by atoms with E-state index in [1.54, 1.807) is 0 Å². The van der Waals surface area contributed by atoms with E-state index in [9.17, 15) is 0 Å². The number of aromatic nitrogens is 1. The van der Waals surface area contributed by atoms with Crippen molar-refractivity contribution < 1.29 is 9.47 Å². The van der Waals surface area contributed by atoms with Crippen LogP contribution in [0.2, 0.25) is 0 Å². The molecule has 0 fully saturated rings. The Morgan fingerprint density at radius 3 is 2.79 bits per heavy atom. The van der Waals surface area contributed by atoms with Crippen molar-refractivity contribution >= 4 is 46.5 Å². The van der Waals surface area contributed by atoms with Gasteiger partial charge in [-0.15, -0.1) is 24.0 Å². The zero-order chi connectivity index (χ0) is 19.3. The first kappa shape index (κ1) is 21.3. The third kappa shape index (κ3) is 4.95. The number of hydrogen-bond acceptors (Lipinski definition) is 3. The summed E-state index contributed by atoms with van der Waals surface area (Å²) in [5.41, 5.74) is 10.7. The Bertz CT molecular complexity index is 1000. The number of fused-ring (bicyclic) bond motifs is 2. The molecule has 0 atom stereocenters. The predicted octanol–water partition coefficient (Wildman–Crippen LogP) is 4.48. The van der Waals surface area contributed by atoms with Crippen LogP contribution in [0.25, 0.3) is 10.9 Å². The first-order valence-corrected chi connectivity index (χ1v) is 9.79. The summed E-state index contributed by atoms with van der Waals surface area (Å²) in [6.45, 7) is 4.12. The second kappa shape index (κ2) is 9.87. The second-order valence-electron chi connectivity index (χ2n) is 6.86. The summed E-state index contributed by atoms with van der Waals surface area (Å²) >= 11 is 0. The van der Waals surface area contributed by atoms with E-state index in [2.05, 4.69) is 46.6 Å². The number of nitrogens with one attached hydrogen (secondary N) is 2. The summed E-state index contributed by atoms with van der Waals surface area (Å²) in [6.07, 6.45) is 4.81. The lowest BCUT2D eigenvalue weighted by Gasteiger charge is -2.10. The van der Waals surface area contributed by atoms with E-state index in [1.807, 2.05) is 18.2 Å². The van der Waals surface area contributed by atoms with Crippen molar-refractivity contribution in [3.05, 3.63) is 53.7 Å². The molecule has 0 saturated carbocycles. The Labute approximate surface area is 187 Å². The number of benzene rings is 2. The molecule has 0 amide bonds. The fraction of sp³-hybridized carbons (Fsp3) is 0.318. The van der Waals surface area contributed by atoms with Crippen LogP contribution in [0, 0.1) is 0 Å². The Hall–Kier alpha value is -2.42. The maximum Gasteiger partial charge on any atom is 0.193 e. The smallest absolute Gasteiger partial charge is 0.193 e. The van der Waals surface area contributed by atoms with Crippen molar-refractivity contribution in [2.24, 2.45) is 10.7 Å². The van der Waals surface area contributed by atoms with Gasteiger partial charge in [0.15, 0.2) is 17.5 Å². The summed E-state index contributed by atoms with van der Waals surface area (Å²) in [7, 11) is 0. The average molecular weight is 506 g/mol. The van der Waals surface area contributed by atoms with Crippen molar-refractivity contribution in [2.75, 3.05) is 25.1 Å². The number of halogens is 1. The molecule has 0 unspecified atom stereocenters. The van der Waals surface area contributed by atoms with E-state index >= 15 is 0 Å². The molecule has 4 rings (SSSR count). The Balaban J connectivity index is 0.00000240. The van der Waals surface area contributed by atoms with Gasteiger partial charge >= 0.3 is 0 Å². The van der Waals surface area contributed by atoms with Crippen LogP contribution >= 0.6 is 24.0 Å². The van der Waals surface area contributed by atoms with E-state index in [-0.39, 0.29) is 24.0 Å². The van der Waals surface area contributed by atoms with Gasteiger partial charge in [-0.25, -0.2) is 0 Å². The Morgan fingerprint density at radius 1 is 1.14 bits per heavy atom. The molecule has 4 N–H and O–H groups in total. The van der Waals surface area contributed by atoms with Crippen LogP contribution in [-0.2, 0) is 12.8 Å². The first-order chi connectivity index (χ1) is 13.7. The minimum absolute atomic E-state index is 0. The van der Waals surface area contributed by atoms with Crippen molar-refractivity contribution in [1.82, 2.24) is 4.98 Å². The van der Waals surface area contributed by atoms with Crippen LogP contribution < -0.4 is 20.5 Å². The first-order valence-electron chi connectivity index (χ1n) is 9.79. The molecule has 7 heteroatoms. The van der Waals surface area contributed by atoms with Gasteiger partial charge in [-0.2, -0.15) is 0 Å². The molecular weight excluding hydrogens is 479 g/mol. The number of hydrogen-bond donors (Lipinski definition) is 3. The number of anilines is 1. The lowest BCUT2D eigenvalue weighted by atomic mass is 10.1. The number of nitrogens with two attached hydrogens (primary N) is 1. The number of ether oxygens (including phenoxy) is 2. The molecule has 29 heavy (non-hydrogen) atoms. The topological polar surface area (TPSA) is 84.7 Å². The molecule has 0 aliphatic carbocycles. The quantitative estimate of drug-likeness (QED) is 0.271. The zero-order valence-electron chi connectivity index (χ0n) is 16.5. The molecule has 6 nitrogen and oxygen atoms in total. The van der Waals surface area contributed by atoms with Gasteiger partial charge in [0.25, 0.3) is 0 Å². The van der Waals surface area contributed by atoms with Crippen molar-refractivity contribution in [1.29, 1.82) is 0 Å². The maximum atomic E-state index is 6.07. The van der Waals surface area contributed by atoms with Crippen LogP contribution in [0.3, 0.4) is 0 Å². The van der Waals surface area contributed by atoms with Gasteiger partial charge in [0.1, 0.15) is 0 Å². The Morgan fingerprint density at radius 2 is 1.97 bits per heavy atom. The molecule has 1 aliphatic heterocycles. The summed E-state index contributed by atoms with van der Waals surface area (Å²) in [5, 5.41) is 4.40. The second-order valence-corrected chi connectivity index (χ2v) is 6.86. The van der Waals surface area contributed by atoms with Crippen LogP contribution in [0.5, 0.6) is 11.5 Å². The number of rotatable bonds is 5. The number of aryl methyl sites for hydroxylation is 1. The van der Waals surface area contributed by atoms with Crippen molar-refractivity contribution in [2.45, 2.75) is 26.2 Å². The average Bonchev–Trinajstić information content (AvgIpc) is 2.97. The van der Waals surface area contributed by atoms with E-state index in [1.165, 1.54) is 22.0 Å². The minimum Gasteiger partial charge on any atom is -0.490 e. The normalized spacial score (nSPS) is 13.6. The van der Waals surface area contributed by atoms with Crippen LogP contribution in [0.15, 0.2) is 47.6 Å². The van der Waals surface area contributed by atoms with Gasteiger partial charge in [-0.1, -0.05) is 25.1 Å². The zero-order valence-corrected chi connectivity index (χ0v) is 18.9. The maximum absolute atomic E-state index is 6.07. The van der Waals surface area contributed by atoms with Gasteiger partial charge in [0.2, 0.25) is 0 Å². The lowest BCUT2D eigenvalue weighted by Crippen LogP contribution is -2.23. The third-order valence-electron chi connectivity index (χ3n) is 4.95. The van der Waals surface area contributed by atoms with E-state index in [0.29, 0.717) is 25.7 Å². The number of H-pyrrole nitrogens is 1. The largest absolute Gasteiger partial charge is 0.490 e. The minimum atomic E-state index is 0. The van der Waals surface area contributed by atoms with Crippen LogP contribution in [-0.4, -0.2) is 30.7 Å². The van der Waals surface area contributed by atoms with Crippen molar-refractivity contribution in [3.63, 3.8) is 0 Å². The molecule has 1 aromatic heterocycles. The van der Waals surface area contributed by atoms with E-state index in [4.69, 9.17) is 15.2 Å². The van der Waals surface area contributed by atoms with Gasteiger partial charge in [0, 0.05) is 41.8 Å². The monoisotopic (exact) mass is 506 g/mol. The summed E-state index contributed by atoms with van der Waals surface area (Å²) in [4.78, 5) is 7.87. The molecular formula is C22H27IN4O2. The standard InChI is InChI=1S/C22H26N4O2.HI/c1-2-15-5-3-6-18-16(14-25-21(15)18)9-10-24-22(23)26-17-7-8-19-20(13-17)28-12-4-11-27-19;/h3,5-8,13-14,25H,2,4,9-12H2,1H3,(H3,23,24,26);1H. The number of para-hydroxylation sites is 1. The number of aromatic amines is 1. The van der Waals surface area contributed by atoms with Gasteiger partial charge in [-0.05, 0) is 36.1 Å². The summed E-state index contributed by atoms with van der Waals surface area (Å²) < 4.78 is 11.4. The van der Waals surface area contributed by atoms with Gasteiger partial charge in [0.05, 0.1) is 13.2 Å². The fourth-order valence-electron chi connectivity index (χ4n) is 3.50. The molecule has 0 spiro atoms. The molecule has 3 aromatic rings. The molecule has 0 bridgehead atoms. The summed E-state index contributed by atoms with van der Waals surface area (Å²) in [5.74, 6) is 1.90.